The summed E-state index contributed by atoms with van der Waals surface area (Å²) in [6, 6.07) is 7.40. The van der Waals surface area contributed by atoms with Crippen LogP contribution in [0.4, 0.5) is 0 Å². The van der Waals surface area contributed by atoms with Crippen LogP contribution in [-0.2, 0) is 16.0 Å². The number of benzene rings is 1. The molecule has 0 fully saturated rings. The average molecular weight is 247 g/mol. The number of rotatable bonds is 6. The molecule has 0 radical (unpaired) electrons. The molecule has 0 unspecified atom stereocenters. The van der Waals surface area contributed by atoms with Gasteiger partial charge in [-0.2, -0.15) is 0 Å². The maximum atomic E-state index is 10.6. The smallest absolute Gasteiger partial charge is 0.307 e. The first-order valence-electron chi connectivity index (χ1n) is 5.79. The maximum Gasteiger partial charge on any atom is 0.307 e. The van der Waals surface area contributed by atoms with E-state index in [0.29, 0.717) is 6.54 Å². The number of carbonyl (C=O) groups is 2. The number of carboxylic acid groups (broad SMARTS) is 1. The average Bonchev–Trinajstić information content (AvgIpc) is 2.27. The van der Waals surface area contributed by atoms with E-state index in [1.807, 2.05) is 30.4 Å². The first kappa shape index (κ1) is 14.0. The van der Waals surface area contributed by atoms with Crippen molar-refractivity contribution in [2.45, 2.75) is 19.8 Å². The summed E-state index contributed by atoms with van der Waals surface area (Å²) in [5.41, 5.74) is 1.75. The molecule has 0 spiro atoms. The second-order valence-corrected chi connectivity index (χ2v) is 3.99. The summed E-state index contributed by atoms with van der Waals surface area (Å²) in [6.45, 7) is 2.10. The minimum absolute atomic E-state index is 0.0353. The lowest BCUT2D eigenvalue weighted by atomic mass is 10.1. The fraction of sp³-hybridized carbons (Fsp3) is 0.286. The predicted molar refractivity (Wildman–Crippen MR) is 70.1 cm³/mol. The maximum absolute atomic E-state index is 10.6. The molecule has 0 aromatic heterocycles. The molecular formula is C14H17NO3. The van der Waals surface area contributed by atoms with Crippen LogP contribution in [0.1, 0.15) is 24.5 Å². The highest BCUT2D eigenvalue weighted by Crippen LogP contribution is 2.08. The zero-order chi connectivity index (χ0) is 13.4. The molecule has 4 nitrogen and oxygen atoms in total. The van der Waals surface area contributed by atoms with Gasteiger partial charge in [0.25, 0.3) is 0 Å². The number of hydrogen-bond acceptors (Lipinski definition) is 2. The minimum atomic E-state index is -0.832. The molecule has 1 aromatic rings. The topological polar surface area (TPSA) is 66.4 Å². The molecule has 96 valence electrons. The van der Waals surface area contributed by atoms with Crippen molar-refractivity contribution >= 4 is 18.0 Å². The fourth-order valence-corrected chi connectivity index (χ4v) is 1.53. The molecule has 0 aliphatic carbocycles. The van der Waals surface area contributed by atoms with Gasteiger partial charge in [0, 0.05) is 13.5 Å². The van der Waals surface area contributed by atoms with Gasteiger partial charge in [-0.1, -0.05) is 36.4 Å². The molecule has 1 rings (SSSR count). The van der Waals surface area contributed by atoms with Crippen LogP contribution in [0.15, 0.2) is 30.3 Å². The summed E-state index contributed by atoms with van der Waals surface area (Å²) >= 11 is 0. The third kappa shape index (κ3) is 5.84. The monoisotopic (exact) mass is 247 g/mol. The van der Waals surface area contributed by atoms with Gasteiger partial charge in [-0.25, -0.2) is 0 Å². The molecule has 2 N–H and O–H groups in total. The van der Waals surface area contributed by atoms with Gasteiger partial charge in [0.1, 0.15) is 0 Å². The lowest BCUT2D eigenvalue weighted by molar-refractivity contribution is -0.136. The Morgan fingerprint density at radius 1 is 1.39 bits per heavy atom. The Kier molecular flexibility index (Phi) is 5.64. The highest BCUT2D eigenvalue weighted by atomic mass is 16.4. The van der Waals surface area contributed by atoms with Crippen molar-refractivity contribution in [3.05, 3.63) is 41.5 Å². The van der Waals surface area contributed by atoms with Crippen molar-refractivity contribution in [2.24, 2.45) is 0 Å². The molecule has 18 heavy (non-hydrogen) atoms. The minimum Gasteiger partial charge on any atom is -0.481 e. The molecule has 0 aliphatic rings. The Bertz CT molecular complexity index is 452. The highest BCUT2D eigenvalue weighted by molar-refractivity contribution is 5.72. The summed E-state index contributed by atoms with van der Waals surface area (Å²) < 4.78 is 0. The van der Waals surface area contributed by atoms with Crippen LogP contribution in [-0.4, -0.2) is 23.5 Å². The Hall–Kier alpha value is -2.10. The second-order valence-electron chi connectivity index (χ2n) is 3.99. The van der Waals surface area contributed by atoms with E-state index in [4.69, 9.17) is 5.11 Å². The number of hydrogen-bond donors (Lipinski definition) is 2. The third-order valence-corrected chi connectivity index (χ3v) is 2.30. The van der Waals surface area contributed by atoms with Crippen molar-refractivity contribution in [1.82, 2.24) is 5.32 Å². The summed E-state index contributed by atoms with van der Waals surface area (Å²) in [4.78, 5) is 21.2. The van der Waals surface area contributed by atoms with E-state index in [1.165, 1.54) is 6.92 Å². The molecule has 1 aromatic carbocycles. The molecule has 0 atom stereocenters. The lowest BCUT2D eigenvalue weighted by Crippen LogP contribution is -2.20. The standard InChI is InChI=1S/C14H17NO3/c1-11(16)15-8-3-2-5-12-6-4-7-13(9-12)10-14(17)18/h2,4-7,9H,3,8,10H2,1H3,(H,15,16)(H,17,18). The largest absolute Gasteiger partial charge is 0.481 e. The molecule has 0 heterocycles. The fourth-order valence-electron chi connectivity index (χ4n) is 1.53. The first-order chi connectivity index (χ1) is 8.58. The number of carboxylic acids is 1. The van der Waals surface area contributed by atoms with Gasteiger partial charge in [0.05, 0.1) is 6.42 Å². The van der Waals surface area contributed by atoms with E-state index in [1.54, 1.807) is 6.07 Å². The first-order valence-corrected chi connectivity index (χ1v) is 5.79. The number of aliphatic carboxylic acids is 1. The molecule has 1 amide bonds. The van der Waals surface area contributed by atoms with E-state index in [2.05, 4.69) is 5.32 Å². The molecule has 0 saturated carbocycles. The molecule has 0 bridgehead atoms. The summed E-state index contributed by atoms with van der Waals surface area (Å²) in [7, 11) is 0. The third-order valence-electron chi connectivity index (χ3n) is 2.30. The van der Waals surface area contributed by atoms with Crippen molar-refractivity contribution < 1.29 is 14.7 Å². The van der Waals surface area contributed by atoms with Gasteiger partial charge in [-0.3, -0.25) is 9.59 Å². The van der Waals surface area contributed by atoms with E-state index in [-0.39, 0.29) is 12.3 Å². The van der Waals surface area contributed by atoms with Gasteiger partial charge in [0.15, 0.2) is 0 Å². The number of amides is 1. The van der Waals surface area contributed by atoms with Crippen molar-refractivity contribution in [3.8, 4) is 0 Å². The molecule has 4 heteroatoms. The van der Waals surface area contributed by atoms with E-state index in [9.17, 15) is 9.59 Å². The second kappa shape index (κ2) is 7.27. The van der Waals surface area contributed by atoms with Crippen LogP contribution in [0, 0.1) is 0 Å². The van der Waals surface area contributed by atoms with Crippen molar-refractivity contribution in [1.29, 1.82) is 0 Å². The Balaban J connectivity index is 2.48. The highest BCUT2D eigenvalue weighted by Gasteiger charge is 1.99. The SMILES string of the molecule is CC(=O)NCCC=Cc1cccc(CC(=O)O)c1. The van der Waals surface area contributed by atoms with Crippen LogP contribution in [0.25, 0.3) is 6.08 Å². The zero-order valence-electron chi connectivity index (χ0n) is 10.3. The van der Waals surface area contributed by atoms with Crippen LogP contribution in [0.5, 0.6) is 0 Å². The van der Waals surface area contributed by atoms with Crippen LogP contribution in [0.2, 0.25) is 0 Å². The lowest BCUT2D eigenvalue weighted by Gasteiger charge is -2.00. The summed E-state index contributed by atoms with van der Waals surface area (Å²) in [5, 5.41) is 11.4. The summed E-state index contributed by atoms with van der Waals surface area (Å²) in [5.74, 6) is -0.867. The Morgan fingerprint density at radius 2 is 2.17 bits per heavy atom. The number of nitrogens with one attached hydrogen (secondary N) is 1. The van der Waals surface area contributed by atoms with Crippen LogP contribution >= 0.6 is 0 Å². The Morgan fingerprint density at radius 3 is 2.83 bits per heavy atom. The van der Waals surface area contributed by atoms with E-state index in [0.717, 1.165) is 17.5 Å². The summed E-state index contributed by atoms with van der Waals surface area (Å²) in [6.07, 6.45) is 4.67. The molecule has 0 saturated heterocycles. The van der Waals surface area contributed by atoms with Crippen LogP contribution < -0.4 is 5.32 Å². The number of carbonyl (C=O) groups excluding carboxylic acids is 1. The van der Waals surface area contributed by atoms with Gasteiger partial charge >= 0.3 is 5.97 Å². The van der Waals surface area contributed by atoms with Gasteiger partial charge in [0.2, 0.25) is 5.91 Å². The normalized spacial score (nSPS) is 10.5. The molecular weight excluding hydrogens is 230 g/mol. The van der Waals surface area contributed by atoms with Crippen LogP contribution in [0.3, 0.4) is 0 Å². The predicted octanol–water partition coefficient (Wildman–Crippen LogP) is 1.85. The molecule has 0 aliphatic heterocycles. The van der Waals surface area contributed by atoms with Gasteiger partial charge in [-0.05, 0) is 17.5 Å². The van der Waals surface area contributed by atoms with Crippen molar-refractivity contribution in [2.75, 3.05) is 6.54 Å². The van der Waals surface area contributed by atoms with Gasteiger partial charge < -0.3 is 10.4 Å². The van der Waals surface area contributed by atoms with E-state index >= 15 is 0 Å². The van der Waals surface area contributed by atoms with E-state index < -0.39 is 5.97 Å². The zero-order valence-corrected chi connectivity index (χ0v) is 10.3. The quantitative estimate of drug-likeness (QED) is 0.754. The van der Waals surface area contributed by atoms with Crippen molar-refractivity contribution in [3.63, 3.8) is 0 Å². The Labute approximate surface area is 106 Å². The van der Waals surface area contributed by atoms with Gasteiger partial charge in [-0.15, -0.1) is 0 Å².